The first-order chi connectivity index (χ1) is 11.7. The number of rotatable bonds is 4. The molecule has 3 amide bonds. The zero-order chi connectivity index (χ0) is 18.2. The highest BCUT2D eigenvalue weighted by atomic mass is 32.1. The van der Waals surface area contributed by atoms with Gasteiger partial charge in [-0.1, -0.05) is 33.8 Å². The van der Waals surface area contributed by atoms with Crippen LogP contribution in [0.5, 0.6) is 0 Å². The summed E-state index contributed by atoms with van der Waals surface area (Å²) in [5.41, 5.74) is -0.673. The average molecular weight is 364 g/mol. The molecule has 6 heteroatoms. The van der Waals surface area contributed by atoms with Gasteiger partial charge < -0.3 is 5.32 Å². The number of imide groups is 1. The van der Waals surface area contributed by atoms with Gasteiger partial charge in [0, 0.05) is 10.9 Å². The molecule has 2 N–H and O–H groups in total. The normalized spacial score (nSPS) is 28.5. The molecule has 2 fully saturated rings. The Balaban J connectivity index is 1.70. The van der Waals surface area contributed by atoms with Gasteiger partial charge in [-0.25, -0.2) is 9.69 Å². The van der Waals surface area contributed by atoms with Crippen molar-refractivity contribution in [3.05, 3.63) is 22.4 Å². The summed E-state index contributed by atoms with van der Waals surface area (Å²) in [4.78, 5) is 28.0. The minimum atomic E-state index is -0.661. The maximum absolute atomic E-state index is 13.0. The molecule has 1 aliphatic carbocycles. The topological polar surface area (TPSA) is 61.4 Å². The maximum Gasteiger partial charge on any atom is 0.326 e. The summed E-state index contributed by atoms with van der Waals surface area (Å²) in [7, 11) is 0. The Bertz CT molecular complexity index is 628. The fraction of sp³-hybridized carbons (Fsp3) is 0.684. The number of hydrogen-bond acceptors (Lipinski definition) is 4. The lowest BCUT2D eigenvalue weighted by Gasteiger charge is -2.34. The highest BCUT2D eigenvalue weighted by Gasteiger charge is 2.52. The van der Waals surface area contributed by atoms with Gasteiger partial charge in [-0.3, -0.25) is 10.1 Å². The van der Waals surface area contributed by atoms with Crippen molar-refractivity contribution >= 4 is 23.3 Å². The van der Waals surface area contributed by atoms with Gasteiger partial charge in [0.05, 0.1) is 6.67 Å². The molecule has 1 aromatic heterocycles. The maximum atomic E-state index is 13.0. The minimum absolute atomic E-state index is 0.0118. The lowest BCUT2D eigenvalue weighted by molar-refractivity contribution is -0.133. The predicted octanol–water partition coefficient (Wildman–Crippen LogP) is 3.88. The van der Waals surface area contributed by atoms with Crippen LogP contribution in [0.4, 0.5) is 4.79 Å². The Hall–Kier alpha value is -1.40. The molecule has 2 aliphatic rings. The number of nitrogens with one attached hydrogen (secondary N) is 2. The Labute approximate surface area is 154 Å². The summed E-state index contributed by atoms with van der Waals surface area (Å²) in [5, 5.41) is 8.49. The van der Waals surface area contributed by atoms with Gasteiger partial charge in [-0.2, -0.15) is 0 Å². The van der Waals surface area contributed by atoms with Crippen molar-refractivity contribution in [3.63, 3.8) is 0 Å². The van der Waals surface area contributed by atoms with Crippen molar-refractivity contribution in [1.29, 1.82) is 0 Å². The summed E-state index contributed by atoms with van der Waals surface area (Å²) < 4.78 is 0. The fourth-order valence-electron chi connectivity index (χ4n) is 3.89. The molecule has 1 aliphatic heterocycles. The van der Waals surface area contributed by atoms with Gasteiger partial charge in [0.15, 0.2) is 0 Å². The summed E-state index contributed by atoms with van der Waals surface area (Å²) >= 11 is 1.70. The van der Waals surface area contributed by atoms with E-state index in [-0.39, 0.29) is 30.1 Å². The van der Waals surface area contributed by atoms with E-state index in [4.69, 9.17) is 0 Å². The van der Waals surface area contributed by atoms with Crippen molar-refractivity contribution < 1.29 is 9.59 Å². The van der Waals surface area contributed by atoms with E-state index >= 15 is 0 Å². The molecule has 1 atom stereocenters. The van der Waals surface area contributed by atoms with Crippen molar-refractivity contribution in [3.8, 4) is 0 Å². The molecule has 138 valence electrons. The van der Waals surface area contributed by atoms with E-state index in [2.05, 4.69) is 49.8 Å². The third-order valence-electron chi connectivity index (χ3n) is 5.52. The van der Waals surface area contributed by atoms with Crippen molar-refractivity contribution in [2.75, 3.05) is 6.67 Å². The molecule has 1 unspecified atom stereocenters. The van der Waals surface area contributed by atoms with Crippen LogP contribution in [0.25, 0.3) is 0 Å². The van der Waals surface area contributed by atoms with Crippen molar-refractivity contribution in [1.82, 2.24) is 15.5 Å². The fourth-order valence-corrected chi connectivity index (χ4v) is 4.93. The van der Waals surface area contributed by atoms with Gasteiger partial charge in [0.1, 0.15) is 5.54 Å². The molecular formula is C19H29N3O2S. The van der Waals surface area contributed by atoms with Crippen LogP contribution in [0.3, 0.4) is 0 Å². The largest absolute Gasteiger partial charge is 0.326 e. The lowest BCUT2D eigenvalue weighted by Crippen LogP contribution is -2.50. The Morgan fingerprint density at radius 1 is 1.36 bits per heavy atom. The highest BCUT2D eigenvalue weighted by molar-refractivity contribution is 7.10. The summed E-state index contributed by atoms with van der Waals surface area (Å²) in [6, 6.07) is 3.97. The highest BCUT2D eigenvalue weighted by Crippen LogP contribution is 2.37. The Kier molecular flexibility index (Phi) is 4.95. The van der Waals surface area contributed by atoms with Gasteiger partial charge in [-0.15, -0.1) is 11.3 Å². The molecule has 0 bridgehead atoms. The number of hydrogen-bond donors (Lipinski definition) is 2. The summed E-state index contributed by atoms with van der Waals surface area (Å²) in [5.74, 6) is 0.572. The van der Waals surface area contributed by atoms with Gasteiger partial charge >= 0.3 is 6.03 Å². The second-order valence-corrected chi connectivity index (χ2v) is 9.58. The SMILES string of the molecule is CC1CCC2(CC1)NC(=O)N(CNC(c1cccs1)C(C)(C)C)C2=O. The number of carbonyl (C=O) groups excluding carboxylic acids is 2. The van der Waals surface area contributed by atoms with E-state index in [0.29, 0.717) is 5.92 Å². The van der Waals surface area contributed by atoms with Crippen LogP contribution in [0.2, 0.25) is 0 Å². The van der Waals surface area contributed by atoms with Crippen LogP contribution in [0, 0.1) is 11.3 Å². The van der Waals surface area contributed by atoms with Crippen LogP contribution in [-0.2, 0) is 4.79 Å². The quantitative estimate of drug-likeness (QED) is 0.798. The second-order valence-electron chi connectivity index (χ2n) is 8.60. The molecule has 0 radical (unpaired) electrons. The second kappa shape index (κ2) is 6.72. The predicted molar refractivity (Wildman–Crippen MR) is 100 cm³/mol. The Morgan fingerprint density at radius 3 is 2.60 bits per heavy atom. The van der Waals surface area contributed by atoms with Crippen LogP contribution >= 0.6 is 11.3 Å². The average Bonchev–Trinajstić information content (AvgIpc) is 3.12. The number of thiophene rings is 1. The van der Waals surface area contributed by atoms with Gasteiger partial charge in [0.25, 0.3) is 5.91 Å². The van der Waals surface area contributed by atoms with Crippen LogP contribution in [0.15, 0.2) is 17.5 Å². The zero-order valence-corrected chi connectivity index (χ0v) is 16.4. The summed E-state index contributed by atoms with van der Waals surface area (Å²) in [6.07, 6.45) is 3.49. The third-order valence-corrected chi connectivity index (χ3v) is 6.46. The van der Waals surface area contributed by atoms with E-state index in [1.165, 1.54) is 9.78 Å². The molecule has 2 heterocycles. The first-order valence-electron chi connectivity index (χ1n) is 9.14. The van der Waals surface area contributed by atoms with Crippen molar-refractivity contribution in [2.45, 2.75) is 65.0 Å². The van der Waals surface area contributed by atoms with E-state index in [1.54, 1.807) is 11.3 Å². The molecule has 1 saturated heterocycles. The molecule has 3 rings (SSSR count). The Morgan fingerprint density at radius 2 is 2.04 bits per heavy atom. The number of nitrogens with zero attached hydrogens (tertiary/aromatic N) is 1. The first-order valence-corrected chi connectivity index (χ1v) is 10.0. The number of carbonyl (C=O) groups is 2. The number of amides is 3. The molecule has 1 aromatic rings. The van der Waals surface area contributed by atoms with E-state index < -0.39 is 5.54 Å². The standard InChI is InChI=1S/C19H29N3O2S/c1-13-7-9-19(10-8-13)16(23)22(17(24)21-19)12-20-15(18(2,3)4)14-6-5-11-25-14/h5-6,11,13,15,20H,7-10,12H2,1-4H3,(H,21,24). The molecule has 5 nitrogen and oxygen atoms in total. The third kappa shape index (κ3) is 3.60. The molecular weight excluding hydrogens is 334 g/mol. The summed E-state index contributed by atoms with van der Waals surface area (Å²) in [6.45, 7) is 8.96. The van der Waals surface area contributed by atoms with E-state index in [9.17, 15) is 9.59 Å². The van der Waals surface area contributed by atoms with E-state index in [0.717, 1.165) is 25.7 Å². The van der Waals surface area contributed by atoms with Crippen molar-refractivity contribution in [2.24, 2.45) is 11.3 Å². The number of urea groups is 1. The lowest BCUT2D eigenvalue weighted by atomic mass is 9.77. The zero-order valence-electron chi connectivity index (χ0n) is 15.6. The van der Waals surface area contributed by atoms with Gasteiger partial charge in [0.2, 0.25) is 0 Å². The monoisotopic (exact) mass is 363 g/mol. The smallest absolute Gasteiger partial charge is 0.323 e. The van der Waals surface area contributed by atoms with E-state index in [1.807, 2.05) is 6.07 Å². The first kappa shape index (κ1) is 18.4. The van der Waals surface area contributed by atoms with Gasteiger partial charge in [-0.05, 0) is 48.5 Å². The molecule has 1 saturated carbocycles. The molecule has 0 aromatic carbocycles. The van der Waals surface area contributed by atoms with Crippen LogP contribution in [0.1, 0.15) is 64.3 Å². The molecule has 1 spiro atoms. The minimum Gasteiger partial charge on any atom is -0.323 e. The molecule has 25 heavy (non-hydrogen) atoms. The van der Waals surface area contributed by atoms with Crippen LogP contribution in [-0.4, -0.2) is 29.0 Å². The van der Waals surface area contributed by atoms with Crippen LogP contribution < -0.4 is 10.6 Å².